The number of nitrogens with one attached hydrogen (secondary N) is 3. The van der Waals surface area contributed by atoms with Gasteiger partial charge >= 0.3 is 5.97 Å². The number of hydrogen-bond acceptors (Lipinski definition) is 8. The van der Waals surface area contributed by atoms with E-state index in [0.29, 0.717) is 29.9 Å². The van der Waals surface area contributed by atoms with E-state index < -0.39 is 23.8 Å². The number of anilines is 3. The number of H-pyrrole nitrogens is 1. The number of nitrogen functional groups attached to an aromatic ring is 2. The van der Waals surface area contributed by atoms with Gasteiger partial charge in [-0.25, -0.2) is 4.79 Å². The molecule has 0 radical (unpaired) electrons. The summed E-state index contributed by atoms with van der Waals surface area (Å²) in [6.07, 6.45) is 2.82. The molecule has 9 N–H and O–H groups in total. The van der Waals surface area contributed by atoms with Gasteiger partial charge in [0.1, 0.15) is 23.3 Å². The Kier molecular flexibility index (Phi) is 7.71. The average Bonchev–Trinajstić information content (AvgIpc) is 3.29. The Hall–Kier alpha value is -5.13. The van der Waals surface area contributed by atoms with E-state index >= 15 is 0 Å². The number of nitrogens with two attached hydrogens (primary N) is 2. The van der Waals surface area contributed by atoms with E-state index in [9.17, 15) is 24.6 Å². The molecule has 0 aliphatic rings. The van der Waals surface area contributed by atoms with E-state index in [1.165, 1.54) is 12.1 Å². The quantitative estimate of drug-likeness (QED) is 0.154. The minimum atomic E-state index is -1.26. The van der Waals surface area contributed by atoms with Gasteiger partial charge in [-0.1, -0.05) is 24.3 Å². The molecule has 2 heterocycles. The fourth-order valence-corrected chi connectivity index (χ4v) is 4.01. The summed E-state index contributed by atoms with van der Waals surface area (Å²) in [5.41, 5.74) is 14.6. The molecule has 2 amide bonds. The van der Waals surface area contributed by atoms with E-state index in [2.05, 4.69) is 25.6 Å². The lowest BCUT2D eigenvalue weighted by Crippen LogP contribution is -2.41. The Morgan fingerprint density at radius 2 is 1.74 bits per heavy atom. The van der Waals surface area contributed by atoms with Crippen LogP contribution >= 0.6 is 0 Å². The summed E-state index contributed by atoms with van der Waals surface area (Å²) >= 11 is 0. The minimum absolute atomic E-state index is 0.0955. The molecule has 0 bridgehead atoms. The number of aromatic hydroxyl groups is 1. The molecule has 0 fully saturated rings. The highest BCUT2D eigenvalue weighted by molar-refractivity contribution is 5.97. The molecule has 0 unspecified atom stereocenters. The number of aromatic amines is 1. The zero-order chi connectivity index (χ0) is 27.2. The molecule has 0 spiro atoms. The number of para-hydroxylation sites is 2. The highest BCUT2D eigenvalue weighted by atomic mass is 16.4. The number of nitrogens with zero attached hydrogens (tertiary/aromatic N) is 2. The number of carboxylic acids is 1. The van der Waals surface area contributed by atoms with Crippen LogP contribution < -0.4 is 22.1 Å². The lowest BCUT2D eigenvalue weighted by atomic mass is 10.0. The van der Waals surface area contributed by atoms with Gasteiger partial charge in [0, 0.05) is 18.2 Å². The van der Waals surface area contributed by atoms with Crippen LogP contribution in [0.25, 0.3) is 11.0 Å². The van der Waals surface area contributed by atoms with Crippen LogP contribution in [-0.2, 0) is 22.4 Å². The lowest BCUT2D eigenvalue weighted by molar-refractivity contribution is -0.139. The Balaban J connectivity index is 1.32. The van der Waals surface area contributed by atoms with Gasteiger partial charge in [0.15, 0.2) is 0 Å². The Morgan fingerprint density at radius 1 is 1.00 bits per heavy atom. The van der Waals surface area contributed by atoms with Crippen LogP contribution in [0.1, 0.15) is 34.3 Å². The number of phenols is 1. The standard InChI is InChI=1S/C26H27N7O5/c27-22-21-16(13-29-23(21)33-26(28)32-22)10-7-14-5-8-15(9-6-14)24(36)31-18(25(37)38)11-12-20(35)30-17-3-1-2-4-19(17)34/h1-6,8-9,13,18,34H,7,10-12H2,(H,30,35)(H,31,36)(H,37,38)(H5,27,28,29,32,33)/t18-/m0/s1. The van der Waals surface area contributed by atoms with Gasteiger partial charge in [-0.05, 0) is 54.7 Å². The molecule has 2 aromatic carbocycles. The summed E-state index contributed by atoms with van der Waals surface area (Å²) in [6, 6.07) is 11.7. The number of benzene rings is 2. The molecule has 0 saturated carbocycles. The summed E-state index contributed by atoms with van der Waals surface area (Å²) < 4.78 is 0. The van der Waals surface area contributed by atoms with E-state index in [4.69, 9.17) is 11.5 Å². The summed E-state index contributed by atoms with van der Waals surface area (Å²) in [5.74, 6) is -2.00. The van der Waals surface area contributed by atoms with Gasteiger partial charge in [-0.2, -0.15) is 9.97 Å². The Morgan fingerprint density at radius 3 is 2.45 bits per heavy atom. The van der Waals surface area contributed by atoms with Gasteiger partial charge in [0.2, 0.25) is 11.9 Å². The number of hydrogen-bond donors (Lipinski definition) is 7. The fraction of sp³-hybridized carbons (Fsp3) is 0.192. The van der Waals surface area contributed by atoms with Crippen molar-refractivity contribution >= 4 is 46.3 Å². The summed E-state index contributed by atoms with van der Waals surface area (Å²) in [6.45, 7) is 0. The summed E-state index contributed by atoms with van der Waals surface area (Å²) in [4.78, 5) is 47.7. The van der Waals surface area contributed by atoms with E-state index in [0.717, 1.165) is 16.5 Å². The van der Waals surface area contributed by atoms with Crippen LogP contribution in [0.5, 0.6) is 5.75 Å². The van der Waals surface area contributed by atoms with E-state index in [-0.39, 0.29) is 30.2 Å². The Bertz CT molecular complexity index is 1480. The largest absolute Gasteiger partial charge is 0.506 e. The Labute approximate surface area is 217 Å². The van der Waals surface area contributed by atoms with Crippen molar-refractivity contribution in [3.8, 4) is 5.75 Å². The second-order valence-electron chi connectivity index (χ2n) is 8.67. The van der Waals surface area contributed by atoms with E-state index in [1.54, 1.807) is 36.4 Å². The molecular formula is C26H27N7O5. The third-order valence-corrected chi connectivity index (χ3v) is 6.00. The minimum Gasteiger partial charge on any atom is -0.506 e. The SMILES string of the molecule is Nc1nc(N)c2c(CCc3ccc(C(=O)N[C@@H](CCC(=O)Nc4ccccc4O)C(=O)O)cc3)c[nH]c2n1. The highest BCUT2D eigenvalue weighted by Crippen LogP contribution is 2.24. The molecular weight excluding hydrogens is 490 g/mol. The molecule has 0 aliphatic carbocycles. The summed E-state index contributed by atoms with van der Waals surface area (Å²) in [7, 11) is 0. The number of fused-ring (bicyclic) bond motifs is 1. The molecule has 4 rings (SSSR count). The van der Waals surface area contributed by atoms with Crippen molar-refractivity contribution in [3.05, 3.63) is 71.4 Å². The first-order valence-electron chi connectivity index (χ1n) is 11.8. The zero-order valence-electron chi connectivity index (χ0n) is 20.3. The van der Waals surface area contributed by atoms with Crippen molar-refractivity contribution in [1.29, 1.82) is 0 Å². The number of aliphatic carboxylic acids is 1. The monoisotopic (exact) mass is 517 g/mol. The molecule has 0 aliphatic heterocycles. The number of carbonyl (C=O) groups is 3. The van der Waals surface area contributed by atoms with Crippen LogP contribution in [0.15, 0.2) is 54.7 Å². The second-order valence-corrected chi connectivity index (χ2v) is 8.67. The van der Waals surface area contributed by atoms with Gasteiger partial charge in [-0.3, -0.25) is 9.59 Å². The van der Waals surface area contributed by atoms with E-state index in [1.807, 2.05) is 6.20 Å². The molecule has 12 nitrogen and oxygen atoms in total. The molecule has 12 heteroatoms. The fourth-order valence-electron chi connectivity index (χ4n) is 4.01. The van der Waals surface area contributed by atoms with Crippen molar-refractivity contribution < 1.29 is 24.6 Å². The highest BCUT2D eigenvalue weighted by Gasteiger charge is 2.22. The number of rotatable bonds is 10. The molecule has 38 heavy (non-hydrogen) atoms. The normalized spacial score (nSPS) is 11.7. The predicted octanol–water partition coefficient (Wildman–Crippen LogP) is 2.21. The maximum Gasteiger partial charge on any atom is 0.326 e. The molecule has 1 atom stereocenters. The molecule has 2 aromatic heterocycles. The van der Waals surface area contributed by atoms with Gasteiger partial charge in [0.05, 0.1) is 11.1 Å². The second kappa shape index (κ2) is 11.3. The molecule has 4 aromatic rings. The average molecular weight is 518 g/mol. The topological polar surface area (TPSA) is 209 Å². The van der Waals surface area contributed by atoms with Gasteiger partial charge in [-0.15, -0.1) is 0 Å². The number of phenolic OH excluding ortho intramolecular Hbond substituents is 1. The van der Waals surface area contributed by atoms with Crippen molar-refractivity contribution in [1.82, 2.24) is 20.3 Å². The van der Waals surface area contributed by atoms with Crippen LogP contribution in [-0.4, -0.2) is 49.0 Å². The first-order chi connectivity index (χ1) is 18.2. The van der Waals surface area contributed by atoms with Gasteiger partial charge < -0.3 is 37.3 Å². The van der Waals surface area contributed by atoms with Crippen LogP contribution in [0.4, 0.5) is 17.5 Å². The van der Waals surface area contributed by atoms with Gasteiger partial charge in [0.25, 0.3) is 5.91 Å². The van der Waals surface area contributed by atoms with Crippen molar-refractivity contribution in [2.75, 3.05) is 16.8 Å². The van der Waals surface area contributed by atoms with Crippen molar-refractivity contribution in [2.45, 2.75) is 31.7 Å². The van der Waals surface area contributed by atoms with Crippen LogP contribution in [0.3, 0.4) is 0 Å². The van der Waals surface area contributed by atoms with Crippen molar-refractivity contribution in [3.63, 3.8) is 0 Å². The van der Waals surface area contributed by atoms with Crippen molar-refractivity contribution in [2.24, 2.45) is 0 Å². The smallest absolute Gasteiger partial charge is 0.326 e. The zero-order valence-corrected chi connectivity index (χ0v) is 20.3. The first kappa shape index (κ1) is 25.9. The predicted molar refractivity (Wildman–Crippen MR) is 141 cm³/mol. The number of aryl methyl sites for hydroxylation is 2. The number of amides is 2. The summed E-state index contributed by atoms with van der Waals surface area (Å²) in [5, 5.41) is 25.0. The lowest BCUT2D eigenvalue weighted by Gasteiger charge is -2.15. The molecule has 196 valence electrons. The maximum atomic E-state index is 12.7. The number of aromatic nitrogens is 3. The number of carboxylic acid groups (broad SMARTS) is 1. The third-order valence-electron chi connectivity index (χ3n) is 6.00. The molecule has 0 saturated heterocycles. The van der Waals surface area contributed by atoms with Crippen LogP contribution in [0, 0.1) is 0 Å². The first-order valence-corrected chi connectivity index (χ1v) is 11.8. The maximum absolute atomic E-state index is 12.7. The number of carbonyl (C=O) groups excluding carboxylic acids is 2. The third kappa shape index (κ3) is 6.16. The van der Waals surface area contributed by atoms with Crippen LogP contribution in [0.2, 0.25) is 0 Å².